The standard InChI is InChI=1S/C43H51F3N4O10S/c1-39(2,43(44,45)46)59-31(51)19-25-9-7-5-4-6-8-10-26-20-42(26,38(54)49-61(55,56)40(3)17-18-40)48-36(52)29-21-41(22-50(29)37(25)53)16-15-27-32-28(13-14-30-35(32)58-23-57-30)47-33(24-11-12-24)34(27)60-41/h8,10,13-14,24-26,29H,4-7,9,11-12,15-23H2,1-3H3,(H,48,52)(H,49,54)/b10-8-/t25-,26-,29+,41-,42-/m1/s1. The van der Waals surface area contributed by atoms with Gasteiger partial charge in [-0.25, -0.2) is 13.4 Å². The summed E-state index contributed by atoms with van der Waals surface area (Å²) in [7, 11) is -4.07. The average molecular weight is 873 g/mol. The molecule has 7 aliphatic rings. The molecule has 0 bridgehead atoms. The van der Waals surface area contributed by atoms with Crippen LogP contribution in [0.3, 0.4) is 0 Å². The second kappa shape index (κ2) is 14.5. The van der Waals surface area contributed by atoms with Gasteiger partial charge < -0.3 is 29.2 Å². The number of carbonyl (C=O) groups is 4. The maximum Gasteiger partial charge on any atom is 0.427 e. The summed E-state index contributed by atoms with van der Waals surface area (Å²) < 4.78 is 92.6. The zero-order valence-corrected chi connectivity index (χ0v) is 35.3. The topological polar surface area (TPSA) is 180 Å². The summed E-state index contributed by atoms with van der Waals surface area (Å²) in [6.45, 7) is 2.99. The molecule has 4 aliphatic heterocycles. The number of rotatable bonds is 7. The normalized spacial score (nSPS) is 30.2. The highest BCUT2D eigenvalue weighted by atomic mass is 32.2. The fourth-order valence-corrected chi connectivity index (χ4v) is 10.7. The minimum atomic E-state index is -4.86. The number of fused-ring (bicyclic) bond motifs is 7. The molecular weight excluding hydrogens is 822 g/mol. The molecule has 5 atom stereocenters. The summed E-state index contributed by atoms with van der Waals surface area (Å²) in [5, 5.41) is 3.65. The largest absolute Gasteiger partial charge is 0.483 e. The number of nitrogens with zero attached hydrogens (tertiary/aromatic N) is 2. The van der Waals surface area contributed by atoms with Crippen molar-refractivity contribution in [1.82, 2.24) is 19.9 Å². The number of aryl methyl sites for hydroxylation is 1. The van der Waals surface area contributed by atoms with Gasteiger partial charge in [0.05, 0.1) is 34.3 Å². The van der Waals surface area contributed by atoms with Crippen molar-refractivity contribution in [3.05, 3.63) is 35.5 Å². The second-order valence-corrected chi connectivity index (χ2v) is 21.0. The Bertz CT molecular complexity index is 2340. The Balaban J connectivity index is 1.07. The van der Waals surface area contributed by atoms with E-state index < -0.39 is 85.7 Å². The van der Waals surface area contributed by atoms with Gasteiger partial charge in [-0.3, -0.25) is 23.9 Å². The molecule has 9 rings (SSSR count). The number of alkyl halides is 3. The molecule has 330 valence electrons. The lowest BCUT2D eigenvalue weighted by Gasteiger charge is -2.37. The number of hydrogen-bond donors (Lipinski definition) is 2. The third-order valence-corrected chi connectivity index (χ3v) is 16.0. The van der Waals surface area contributed by atoms with Gasteiger partial charge in [-0.15, -0.1) is 0 Å². The van der Waals surface area contributed by atoms with Crippen LogP contribution in [0.15, 0.2) is 24.3 Å². The van der Waals surface area contributed by atoms with Crippen LogP contribution in [0.25, 0.3) is 10.9 Å². The zero-order valence-electron chi connectivity index (χ0n) is 34.5. The first-order valence-corrected chi connectivity index (χ1v) is 22.8. The quantitative estimate of drug-likeness (QED) is 0.254. The molecule has 1 saturated heterocycles. The minimum Gasteiger partial charge on any atom is -0.483 e. The first kappa shape index (κ1) is 41.7. The van der Waals surface area contributed by atoms with Gasteiger partial charge in [0.25, 0.3) is 5.91 Å². The molecule has 61 heavy (non-hydrogen) atoms. The van der Waals surface area contributed by atoms with E-state index in [1.54, 1.807) is 6.92 Å². The van der Waals surface area contributed by atoms with Crippen LogP contribution in [-0.2, 0) is 40.4 Å². The molecule has 1 aromatic carbocycles. The van der Waals surface area contributed by atoms with Gasteiger partial charge in [-0.2, -0.15) is 13.2 Å². The third-order valence-electron chi connectivity index (χ3n) is 13.9. The summed E-state index contributed by atoms with van der Waals surface area (Å²) in [5.41, 5.74) is -3.19. The van der Waals surface area contributed by atoms with E-state index in [9.17, 15) is 40.8 Å². The van der Waals surface area contributed by atoms with Crippen LogP contribution < -0.4 is 24.2 Å². The average Bonchev–Trinajstić information content (AvgIpc) is 4.15. The molecule has 3 amide bonds. The van der Waals surface area contributed by atoms with Crippen LogP contribution in [0.4, 0.5) is 13.2 Å². The van der Waals surface area contributed by atoms with Gasteiger partial charge in [0.15, 0.2) is 11.5 Å². The van der Waals surface area contributed by atoms with Gasteiger partial charge in [-0.1, -0.05) is 25.0 Å². The minimum absolute atomic E-state index is 0.0223. The predicted molar refractivity (Wildman–Crippen MR) is 212 cm³/mol. The molecule has 14 nitrogen and oxygen atoms in total. The van der Waals surface area contributed by atoms with E-state index in [1.807, 2.05) is 24.3 Å². The monoisotopic (exact) mass is 872 g/mol. The Morgan fingerprint density at radius 2 is 1.80 bits per heavy atom. The van der Waals surface area contributed by atoms with E-state index in [4.69, 9.17) is 23.9 Å². The van der Waals surface area contributed by atoms with Crippen molar-refractivity contribution in [3.63, 3.8) is 0 Å². The molecule has 3 saturated carbocycles. The second-order valence-electron chi connectivity index (χ2n) is 18.8. The Hall–Kier alpha value is -4.61. The van der Waals surface area contributed by atoms with E-state index in [0.29, 0.717) is 68.6 Å². The molecule has 5 heterocycles. The number of pyridine rings is 1. The van der Waals surface area contributed by atoms with E-state index in [0.717, 1.165) is 48.8 Å². The van der Waals surface area contributed by atoms with Crippen LogP contribution in [0.1, 0.15) is 121 Å². The van der Waals surface area contributed by atoms with E-state index in [2.05, 4.69) is 10.0 Å². The van der Waals surface area contributed by atoms with Gasteiger partial charge >= 0.3 is 12.1 Å². The van der Waals surface area contributed by atoms with Crippen LogP contribution in [-0.4, -0.2) is 89.0 Å². The summed E-state index contributed by atoms with van der Waals surface area (Å²) in [6, 6.07) is 2.46. The number of carbonyl (C=O) groups excluding carboxylic acids is 4. The van der Waals surface area contributed by atoms with Crippen molar-refractivity contribution in [2.45, 2.75) is 150 Å². The van der Waals surface area contributed by atoms with Crippen LogP contribution in [0, 0.1) is 11.8 Å². The van der Waals surface area contributed by atoms with Gasteiger partial charge in [0.1, 0.15) is 22.9 Å². The molecule has 0 unspecified atom stereocenters. The smallest absolute Gasteiger partial charge is 0.427 e. The number of nitrogens with one attached hydrogen (secondary N) is 2. The number of esters is 1. The van der Waals surface area contributed by atoms with Crippen molar-refractivity contribution in [1.29, 1.82) is 0 Å². The lowest BCUT2D eigenvalue weighted by Crippen LogP contribution is -2.57. The number of halogens is 3. The van der Waals surface area contributed by atoms with Crippen LogP contribution in [0.5, 0.6) is 17.2 Å². The number of amides is 3. The van der Waals surface area contributed by atoms with Gasteiger partial charge in [-0.05, 0) is 97.1 Å². The molecule has 1 aromatic heterocycles. The maximum atomic E-state index is 14.9. The van der Waals surface area contributed by atoms with Crippen molar-refractivity contribution < 1.29 is 59.7 Å². The number of aromatic nitrogens is 1. The first-order valence-electron chi connectivity index (χ1n) is 21.3. The predicted octanol–water partition coefficient (Wildman–Crippen LogP) is 5.79. The van der Waals surface area contributed by atoms with Crippen LogP contribution in [0.2, 0.25) is 0 Å². The first-order chi connectivity index (χ1) is 28.8. The molecule has 3 aliphatic carbocycles. The summed E-state index contributed by atoms with van der Waals surface area (Å²) >= 11 is 0. The van der Waals surface area contributed by atoms with Gasteiger partial charge in [0, 0.05) is 29.7 Å². The lowest BCUT2D eigenvalue weighted by molar-refractivity contribution is -0.257. The van der Waals surface area contributed by atoms with Crippen molar-refractivity contribution in [2.24, 2.45) is 11.8 Å². The zero-order chi connectivity index (χ0) is 43.3. The van der Waals surface area contributed by atoms with Gasteiger partial charge in [0.2, 0.25) is 34.2 Å². The van der Waals surface area contributed by atoms with E-state index in [-0.39, 0.29) is 38.5 Å². The number of sulfonamides is 1. The Morgan fingerprint density at radius 3 is 2.52 bits per heavy atom. The summed E-state index contributed by atoms with van der Waals surface area (Å²) in [6.07, 6.45) is 4.17. The molecule has 18 heteroatoms. The molecule has 2 aromatic rings. The summed E-state index contributed by atoms with van der Waals surface area (Å²) in [4.78, 5) is 63.4. The van der Waals surface area contributed by atoms with Crippen LogP contribution >= 0.6 is 0 Å². The number of benzene rings is 1. The fraction of sp³-hybridized carbons (Fsp3) is 0.651. The third kappa shape index (κ3) is 7.47. The van der Waals surface area contributed by atoms with Crippen molar-refractivity contribution in [3.8, 4) is 17.2 Å². The van der Waals surface area contributed by atoms with E-state index >= 15 is 0 Å². The van der Waals surface area contributed by atoms with E-state index in [1.165, 1.54) is 4.90 Å². The van der Waals surface area contributed by atoms with Crippen molar-refractivity contribution in [2.75, 3.05) is 13.3 Å². The highest BCUT2D eigenvalue weighted by molar-refractivity contribution is 7.91. The fourth-order valence-electron chi connectivity index (χ4n) is 9.36. The lowest BCUT2D eigenvalue weighted by atomic mass is 9.86. The highest BCUT2D eigenvalue weighted by Gasteiger charge is 2.64. The Labute approximate surface area is 351 Å². The number of allylic oxidation sites excluding steroid dienone is 1. The molecule has 1 spiro atoms. The van der Waals surface area contributed by atoms with Crippen molar-refractivity contribution >= 4 is 44.6 Å². The summed E-state index contributed by atoms with van der Waals surface area (Å²) in [5.74, 6) is -3.22. The number of hydrogen-bond acceptors (Lipinski definition) is 11. The Morgan fingerprint density at radius 1 is 1.03 bits per heavy atom. The maximum absolute atomic E-state index is 14.9. The Kier molecular flexibility index (Phi) is 9.90. The molecule has 4 fully saturated rings. The molecule has 2 N–H and O–H groups in total. The number of ether oxygens (including phenoxy) is 4. The highest BCUT2D eigenvalue weighted by Crippen LogP contribution is 2.54. The molecular formula is C43H51F3N4O10S. The molecule has 0 radical (unpaired) electrons. The SMILES string of the molecule is CC(C)(OC(=O)C[C@H]1CCCCC/C=C\[C@@H]2C[C@@]2(C(=O)NS(=O)(=O)C2(C)CC2)NC(=O)[C@@H]2C[C@]3(CCc4c(c(C5CC5)nc5ccc6c(c45)OCO6)O3)CN2C1=O)C(F)(F)F.